The average Bonchev–Trinajstić information content (AvgIpc) is 2.61. The Kier molecular flexibility index (Phi) is 5.37. The fourth-order valence-electron chi connectivity index (χ4n) is 4.27. The van der Waals surface area contributed by atoms with Gasteiger partial charge in [-0.3, -0.25) is 4.79 Å². The van der Waals surface area contributed by atoms with Gasteiger partial charge in [0.2, 0.25) is 5.91 Å². The number of hydrogen-bond acceptors (Lipinski definition) is 2. The van der Waals surface area contributed by atoms with E-state index in [0.717, 1.165) is 44.3 Å². The number of likely N-dealkylation sites (tertiary alicyclic amines) is 1. The smallest absolute Gasteiger partial charge is 0.225 e. The van der Waals surface area contributed by atoms with E-state index in [1.807, 2.05) is 30.3 Å². The number of piperidine rings is 1. The number of carbonyl (C=O) groups excluding carboxylic acids is 1. The lowest BCUT2D eigenvalue weighted by Gasteiger charge is -2.37. The standard InChI is InChI=1S/C20H29NO2/c1-15-6-5-9-18(14-15)20(23)21-12-10-17(11-13-21)19(22)16-7-3-2-4-8-16/h2-4,7-8,15,17-19,22H,5-6,9-14H2,1H3. The summed E-state index contributed by atoms with van der Waals surface area (Å²) in [6, 6.07) is 9.91. The molecule has 1 aromatic carbocycles. The van der Waals surface area contributed by atoms with Crippen LogP contribution in [0.2, 0.25) is 0 Å². The van der Waals surface area contributed by atoms with Crippen LogP contribution >= 0.6 is 0 Å². The van der Waals surface area contributed by atoms with Crippen molar-refractivity contribution in [3.63, 3.8) is 0 Å². The van der Waals surface area contributed by atoms with Gasteiger partial charge in [0.25, 0.3) is 0 Å². The average molecular weight is 315 g/mol. The van der Waals surface area contributed by atoms with Crippen molar-refractivity contribution in [2.75, 3.05) is 13.1 Å². The Labute approximate surface area is 139 Å². The summed E-state index contributed by atoms with van der Waals surface area (Å²) in [5, 5.41) is 10.6. The van der Waals surface area contributed by atoms with Gasteiger partial charge in [0.15, 0.2) is 0 Å². The van der Waals surface area contributed by atoms with E-state index in [1.165, 1.54) is 12.8 Å². The summed E-state index contributed by atoms with van der Waals surface area (Å²) in [7, 11) is 0. The molecule has 3 unspecified atom stereocenters. The number of nitrogens with zero attached hydrogens (tertiary/aromatic N) is 1. The van der Waals surface area contributed by atoms with Crippen molar-refractivity contribution < 1.29 is 9.90 Å². The molecule has 1 aromatic rings. The minimum atomic E-state index is -0.400. The first-order valence-electron chi connectivity index (χ1n) is 9.17. The molecule has 126 valence electrons. The van der Waals surface area contributed by atoms with Gasteiger partial charge in [-0.1, -0.05) is 50.1 Å². The lowest BCUT2D eigenvalue weighted by Crippen LogP contribution is -2.43. The lowest BCUT2D eigenvalue weighted by molar-refractivity contribution is -0.139. The summed E-state index contributed by atoms with van der Waals surface area (Å²) in [5.74, 6) is 1.57. The molecule has 3 atom stereocenters. The number of aliphatic hydroxyl groups excluding tert-OH is 1. The Morgan fingerprint density at radius 1 is 1.13 bits per heavy atom. The molecule has 0 aromatic heterocycles. The highest BCUT2D eigenvalue weighted by atomic mass is 16.3. The largest absolute Gasteiger partial charge is 0.388 e. The Morgan fingerprint density at radius 2 is 1.83 bits per heavy atom. The minimum Gasteiger partial charge on any atom is -0.388 e. The number of hydrogen-bond donors (Lipinski definition) is 1. The van der Waals surface area contributed by atoms with Crippen LogP contribution in [0.3, 0.4) is 0 Å². The van der Waals surface area contributed by atoms with Crippen LogP contribution in [-0.4, -0.2) is 29.0 Å². The van der Waals surface area contributed by atoms with Gasteiger partial charge in [0, 0.05) is 19.0 Å². The van der Waals surface area contributed by atoms with Crippen molar-refractivity contribution in [2.45, 2.75) is 51.6 Å². The summed E-state index contributed by atoms with van der Waals surface area (Å²) in [6.07, 6.45) is 6.01. The highest BCUT2D eigenvalue weighted by Crippen LogP contribution is 2.34. The van der Waals surface area contributed by atoms with Crippen LogP contribution in [0.1, 0.15) is 57.1 Å². The molecule has 1 aliphatic heterocycles. The van der Waals surface area contributed by atoms with E-state index in [0.29, 0.717) is 11.8 Å². The van der Waals surface area contributed by atoms with E-state index in [1.54, 1.807) is 0 Å². The third-order valence-corrected chi connectivity index (χ3v) is 5.72. The van der Waals surface area contributed by atoms with E-state index in [2.05, 4.69) is 11.8 Å². The maximum absolute atomic E-state index is 12.7. The molecule has 1 heterocycles. The van der Waals surface area contributed by atoms with Crippen molar-refractivity contribution in [3.8, 4) is 0 Å². The van der Waals surface area contributed by atoms with E-state index in [9.17, 15) is 9.90 Å². The van der Waals surface area contributed by atoms with Gasteiger partial charge < -0.3 is 10.0 Å². The highest BCUT2D eigenvalue weighted by Gasteiger charge is 2.32. The molecule has 1 amide bonds. The number of aliphatic hydroxyl groups is 1. The molecule has 0 spiro atoms. The van der Waals surface area contributed by atoms with Crippen molar-refractivity contribution in [1.82, 2.24) is 4.90 Å². The first-order valence-corrected chi connectivity index (χ1v) is 9.17. The number of benzene rings is 1. The zero-order chi connectivity index (χ0) is 16.2. The van der Waals surface area contributed by atoms with Crippen LogP contribution in [-0.2, 0) is 4.79 Å². The molecule has 1 saturated carbocycles. The molecule has 1 N–H and O–H groups in total. The van der Waals surface area contributed by atoms with Crippen LogP contribution in [0.4, 0.5) is 0 Å². The van der Waals surface area contributed by atoms with Crippen LogP contribution in [0, 0.1) is 17.8 Å². The van der Waals surface area contributed by atoms with Crippen molar-refractivity contribution in [2.24, 2.45) is 17.8 Å². The van der Waals surface area contributed by atoms with Gasteiger partial charge in [0.1, 0.15) is 0 Å². The van der Waals surface area contributed by atoms with Gasteiger partial charge in [-0.15, -0.1) is 0 Å². The summed E-state index contributed by atoms with van der Waals surface area (Å²) in [4.78, 5) is 14.8. The van der Waals surface area contributed by atoms with Gasteiger partial charge in [-0.05, 0) is 43.1 Å². The number of rotatable bonds is 3. The Morgan fingerprint density at radius 3 is 2.48 bits per heavy atom. The summed E-state index contributed by atoms with van der Waals surface area (Å²) >= 11 is 0. The minimum absolute atomic E-state index is 0.245. The first kappa shape index (κ1) is 16.5. The van der Waals surface area contributed by atoms with E-state index in [-0.39, 0.29) is 11.8 Å². The molecular formula is C20H29NO2. The predicted octanol–water partition coefficient (Wildman–Crippen LogP) is 3.78. The van der Waals surface area contributed by atoms with E-state index >= 15 is 0 Å². The Balaban J connectivity index is 1.53. The molecule has 0 bridgehead atoms. The van der Waals surface area contributed by atoms with Crippen LogP contribution < -0.4 is 0 Å². The number of amides is 1. The Bertz CT molecular complexity index is 508. The third-order valence-electron chi connectivity index (χ3n) is 5.72. The van der Waals surface area contributed by atoms with Crippen LogP contribution in [0.5, 0.6) is 0 Å². The SMILES string of the molecule is CC1CCCC(C(=O)N2CCC(C(O)c3ccccc3)CC2)C1. The molecule has 3 heteroatoms. The second-order valence-electron chi connectivity index (χ2n) is 7.49. The molecule has 1 saturated heterocycles. The zero-order valence-corrected chi connectivity index (χ0v) is 14.2. The predicted molar refractivity (Wildman–Crippen MR) is 91.8 cm³/mol. The maximum Gasteiger partial charge on any atom is 0.225 e. The van der Waals surface area contributed by atoms with E-state index in [4.69, 9.17) is 0 Å². The zero-order valence-electron chi connectivity index (χ0n) is 14.2. The normalized spacial score (nSPS) is 27.7. The molecule has 3 nitrogen and oxygen atoms in total. The van der Waals surface area contributed by atoms with Gasteiger partial charge >= 0.3 is 0 Å². The van der Waals surface area contributed by atoms with Crippen molar-refractivity contribution in [1.29, 1.82) is 0 Å². The van der Waals surface area contributed by atoms with Crippen molar-refractivity contribution in [3.05, 3.63) is 35.9 Å². The quantitative estimate of drug-likeness (QED) is 0.922. The lowest BCUT2D eigenvalue weighted by atomic mass is 9.81. The topological polar surface area (TPSA) is 40.5 Å². The van der Waals surface area contributed by atoms with E-state index < -0.39 is 6.10 Å². The fraction of sp³-hybridized carbons (Fsp3) is 0.650. The second-order valence-corrected chi connectivity index (χ2v) is 7.49. The highest BCUT2D eigenvalue weighted by molar-refractivity contribution is 5.79. The summed E-state index contributed by atoms with van der Waals surface area (Å²) in [5.41, 5.74) is 0.999. The van der Waals surface area contributed by atoms with Crippen LogP contribution in [0.15, 0.2) is 30.3 Å². The molecule has 0 radical (unpaired) electrons. The van der Waals surface area contributed by atoms with Crippen LogP contribution in [0.25, 0.3) is 0 Å². The first-order chi connectivity index (χ1) is 11.1. The van der Waals surface area contributed by atoms with Crippen molar-refractivity contribution >= 4 is 5.91 Å². The molecule has 2 fully saturated rings. The monoisotopic (exact) mass is 315 g/mol. The molecule has 23 heavy (non-hydrogen) atoms. The number of carbonyl (C=O) groups is 1. The second kappa shape index (κ2) is 7.48. The third kappa shape index (κ3) is 3.95. The molecule has 3 rings (SSSR count). The van der Waals surface area contributed by atoms with Gasteiger partial charge in [-0.25, -0.2) is 0 Å². The Hall–Kier alpha value is -1.35. The summed E-state index contributed by atoms with van der Waals surface area (Å²) in [6.45, 7) is 3.87. The fourth-order valence-corrected chi connectivity index (χ4v) is 4.27. The van der Waals surface area contributed by atoms with Gasteiger partial charge in [0.05, 0.1) is 6.10 Å². The molecular weight excluding hydrogens is 286 g/mol. The maximum atomic E-state index is 12.7. The summed E-state index contributed by atoms with van der Waals surface area (Å²) < 4.78 is 0. The molecule has 2 aliphatic rings. The van der Waals surface area contributed by atoms with Gasteiger partial charge in [-0.2, -0.15) is 0 Å². The molecule has 1 aliphatic carbocycles.